The third-order valence-electron chi connectivity index (χ3n) is 7.75. The van der Waals surface area contributed by atoms with Crippen LogP contribution in [0.5, 0.6) is 0 Å². The van der Waals surface area contributed by atoms with Crippen LogP contribution in [0.2, 0.25) is 0 Å². The molecule has 0 spiro atoms. The maximum Gasteiger partial charge on any atom is 0.254 e. The quantitative estimate of drug-likeness (QED) is 0.445. The van der Waals surface area contributed by atoms with Gasteiger partial charge in [-0.25, -0.2) is 0 Å². The van der Waals surface area contributed by atoms with Crippen LogP contribution in [0.15, 0.2) is 54.8 Å². The van der Waals surface area contributed by atoms with E-state index in [1.54, 1.807) is 6.08 Å². The highest BCUT2D eigenvalue weighted by atomic mass is 16.8. The van der Waals surface area contributed by atoms with E-state index in [2.05, 4.69) is 12.6 Å². The number of amides is 1. The highest BCUT2D eigenvalue weighted by molar-refractivity contribution is 5.96. The molecule has 2 aromatic rings. The van der Waals surface area contributed by atoms with E-state index in [1.807, 2.05) is 29.2 Å². The Morgan fingerprint density at radius 3 is 2.75 bits per heavy atom. The Morgan fingerprint density at radius 2 is 1.97 bits per heavy atom. The van der Waals surface area contributed by atoms with Gasteiger partial charge in [0.2, 0.25) is 6.29 Å². The van der Waals surface area contributed by atoms with E-state index < -0.39 is 49.5 Å². The molecule has 6 rings (SSSR count). The van der Waals surface area contributed by atoms with Crippen LogP contribution >= 0.6 is 0 Å². The summed E-state index contributed by atoms with van der Waals surface area (Å²) in [6.07, 6.45) is -4.43. The topological polar surface area (TPSA) is 142 Å². The molecule has 1 amide bonds. The molecule has 10 heteroatoms. The van der Waals surface area contributed by atoms with E-state index in [4.69, 9.17) is 19.2 Å². The summed E-state index contributed by atoms with van der Waals surface area (Å²) >= 11 is 0. The molecule has 0 aliphatic carbocycles. The number of pyridine rings is 1. The van der Waals surface area contributed by atoms with Gasteiger partial charge in [-0.15, -0.1) is 6.58 Å². The van der Waals surface area contributed by atoms with Gasteiger partial charge in [0, 0.05) is 23.8 Å². The van der Waals surface area contributed by atoms with Gasteiger partial charge in [-0.2, -0.15) is 0 Å². The lowest BCUT2D eigenvalue weighted by Crippen LogP contribution is -2.60. The van der Waals surface area contributed by atoms with Crippen LogP contribution in [0.4, 0.5) is 0 Å². The van der Waals surface area contributed by atoms with Crippen LogP contribution in [0.3, 0.4) is 0 Å². The standard InChI is InChI=1S/C26H28N2O8/c1-2-14-15-8-18-20-13(7-12-5-3-4-6-17(12)27-20)9-28(18)24(33)16(15)11-34-25(14)36-26-23(32)22(31)21(30)19(10-29)35-26/h2-7,11,14-15,18-19,21-23,25-26,29-32H,1,8-10H2/t14-,15-,18-,19+,21+,22-,23+,25-,26-/m0/s1. The summed E-state index contributed by atoms with van der Waals surface area (Å²) in [6, 6.07) is 9.76. The zero-order valence-electron chi connectivity index (χ0n) is 19.4. The summed E-state index contributed by atoms with van der Waals surface area (Å²) in [5, 5.41) is 41.0. The fraction of sp³-hybridized carbons (Fsp3) is 0.462. The molecular formula is C26H28N2O8. The molecule has 2 saturated heterocycles. The van der Waals surface area contributed by atoms with Gasteiger partial charge < -0.3 is 39.5 Å². The lowest BCUT2D eigenvalue weighted by molar-refractivity contribution is -0.339. The second kappa shape index (κ2) is 8.91. The summed E-state index contributed by atoms with van der Waals surface area (Å²) < 4.78 is 17.2. The number of para-hydroxylation sites is 1. The first-order valence-corrected chi connectivity index (χ1v) is 12.0. The molecule has 9 atom stereocenters. The SMILES string of the molecule is C=C[C@@H]1[C@H](O[C@@H]2O[C@H](CO)[C@@H](O)[C@H](O)[C@H]2O)OC=C2C(=O)N3Cc4cc5ccccc5nc4[C@@H]3C[C@H]21. The van der Waals surface area contributed by atoms with Crippen molar-refractivity contribution in [2.75, 3.05) is 6.61 Å². The highest BCUT2D eigenvalue weighted by Crippen LogP contribution is 2.49. The normalized spacial score (nSPS) is 37.6. The van der Waals surface area contributed by atoms with E-state index in [0.29, 0.717) is 18.5 Å². The molecule has 2 fully saturated rings. The van der Waals surface area contributed by atoms with E-state index in [9.17, 15) is 25.2 Å². The first-order chi connectivity index (χ1) is 17.4. The maximum absolute atomic E-state index is 13.5. The number of fused-ring (bicyclic) bond motifs is 5. The third-order valence-corrected chi connectivity index (χ3v) is 7.75. The Morgan fingerprint density at radius 1 is 1.17 bits per heavy atom. The van der Waals surface area contributed by atoms with Crippen molar-refractivity contribution < 1.29 is 39.4 Å². The Kier molecular flexibility index (Phi) is 5.83. The molecule has 0 radical (unpaired) electrons. The number of aliphatic hydroxyl groups excluding tert-OH is 4. The molecule has 36 heavy (non-hydrogen) atoms. The smallest absolute Gasteiger partial charge is 0.254 e. The number of carbonyl (C=O) groups excluding carboxylic acids is 1. The van der Waals surface area contributed by atoms with Gasteiger partial charge in [-0.3, -0.25) is 9.78 Å². The molecule has 4 aliphatic rings. The molecular weight excluding hydrogens is 468 g/mol. The van der Waals surface area contributed by atoms with Crippen molar-refractivity contribution in [3.8, 4) is 0 Å². The molecule has 1 aromatic heterocycles. The Hall–Kier alpha value is -2.86. The van der Waals surface area contributed by atoms with Gasteiger partial charge in [0.1, 0.15) is 24.4 Å². The second-order valence-corrected chi connectivity index (χ2v) is 9.74. The monoisotopic (exact) mass is 496 g/mol. The molecule has 5 heterocycles. The molecule has 4 aliphatic heterocycles. The summed E-state index contributed by atoms with van der Waals surface area (Å²) in [4.78, 5) is 20.2. The number of benzene rings is 1. The van der Waals surface area contributed by atoms with Crippen LogP contribution in [0.1, 0.15) is 23.7 Å². The molecule has 4 N–H and O–H groups in total. The van der Waals surface area contributed by atoms with Crippen molar-refractivity contribution in [1.29, 1.82) is 0 Å². The molecule has 0 bridgehead atoms. The van der Waals surface area contributed by atoms with Crippen molar-refractivity contribution in [2.45, 2.75) is 56.0 Å². The molecule has 0 unspecified atom stereocenters. The van der Waals surface area contributed by atoms with E-state index in [1.165, 1.54) is 6.26 Å². The second-order valence-electron chi connectivity index (χ2n) is 9.74. The number of aliphatic hydroxyl groups is 4. The maximum atomic E-state index is 13.5. The van der Waals surface area contributed by atoms with Gasteiger partial charge in [0.15, 0.2) is 6.29 Å². The highest BCUT2D eigenvalue weighted by Gasteiger charge is 2.51. The minimum Gasteiger partial charge on any atom is -0.471 e. The fourth-order valence-electron chi connectivity index (χ4n) is 5.81. The summed E-state index contributed by atoms with van der Waals surface area (Å²) in [5.74, 6) is -0.872. The number of nitrogens with zero attached hydrogens (tertiary/aromatic N) is 2. The number of hydrogen-bond acceptors (Lipinski definition) is 9. The molecule has 1 aromatic carbocycles. The zero-order valence-corrected chi connectivity index (χ0v) is 19.4. The Balaban J connectivity index is 1.27. The van der Waals surface area contributed by atoms with Gasteiger partial charge in [-0.05, 0) is 24.1 Å². The lowest BCUT2D eigenvalue weighted by atomic mass is 9.76. The number of carbonyl (C=O) groups is 1. The predicted octanol–water partition coefficient (Wildman–Crippen LogP) is 0.497. The summed E-state index contributed by atoms with van der Waals surface area (Å²) in [5.41, 5.74) is 3.31. The average Bonchev–Trinajstić information content (AvgIpc) is 3.25. The first kappa shape index (κ1) is 23.5. The minimum atomic E-state index is -1.57. The van der Waals surface area contributed by atoms with Crippen LogP contribution in [-0.4, -0.2) is 79.8 Å². The van der Waals surface area contributed by atoms with Gasteiger partial charge in [0.25, 0.3) is 5.91 Å². The first-order valence-electron chi connectivity index (χ1n) is 12.0. The Labute approximate surface area is 207 Å². The van der Waals surface area contributed by atoms with Gasteiger partial charge in [-0.1, -0.05) is 24.3 Å². The third kappa shape index (κ3) is 3.56. The number of piperidine rings is 1. The molecule has 10 nitrogen and oxygen atoms in total. The average molecular weight is 497 g/mol. The minimum absolute atomic E-state index is 0.128. The van der Waals surface area contributed by atoms with Crippen LogP contribution < -0.4 is 0 Å². The number of ether oxygens (including phenoxy) is 3. The summed E-state index contributed by atoms with van der Waals surface area (Å²) in [6.45, 7) is 3.84. The molecule has 190 valence electrons. The summed E-state index contributed by atoms with van der Waals surface area (Å²) in [7, 11) is 0. The zero-order chi connectivity index (χ0) is 25.1. The number of hydrogen-bond donors (Lipinski definition) is 4. The van der Waals surface area contributed by atoms with Gasteiger partial charge >= 0.3 is 0 Å². The van der Waals surface area contributed by atoms with Crippen LogP contribution in [-0.2, 0) is 25.5 Å². The van der Waals surface area contributed by atoms with Crippen molar-refractivity contribution >= 4 is 16.8 Å². The molecule has 0 saturated carbocycles. The largest absolute Gasteiger partial charge is 0.471 e. The van der Waals surface area contributed by atoms with Crippen molar-refractivity contribution in [1.82, 2.24) is 9.88 Å². The van der Waals surface area contributed by atoms with Crippen LogP contribution in [0, 0.1) is 11.8 Å². The van der Waals surface area contributed by atoms with Crippen molar-refractivity contribution in [2.24, 2.45) is 11.8 Å². The van der Waals surface area contributed by atoms with Gasteiger partial charge in [0.05, 0.1) is 35.7 Å². The van der Waals surface area contributed by atoms with Crippen LogP contribution in [0.25, 0.3) is 10.9 Å². The van der Waals surface area contributed by atoms with E-state index in [0.717, 1.165) is 22.2 Å². The lowest BCUT2D eigenvalue weighted by Gasteiger charge is -2.45. The van der Waals surface area contributed by atoms with E-state index >= 15 is 0 Å². The van der Waals surface area contributed by atoms with Crippen molar-refractivity contribution in [3.05, 3.63) is 66.1 Å². The number of aromatic nitrogens is 1. The predicted molar refractivity (Wildman–Crippen MR) is 125 cm³/mol. The Bertz CT molecular complexity index is 1230. The fourth-order valence-corrected chi connectivity index (χ4v) is 5.81. The van der Waals surface area contributed by atoms with Crippen molar-refractivity contribution in [3.63, 3.8) is 0 Å². The van der Waals surface area contributed by atoms with E-state index in [-0.39, 0.29) is 17.9 Å². The number of rotatable bonds is 4.